The molecule has 27 heavy (non-hydrogen) atoms. The maximum Gasteiger partial charge on any atom is 0.238 e. The average molecular weight is 378 g/mol. The Balaban J connectivity index is 1.54. The van der Waals surface area contributed by atoms with Gasteiger partial charge in [-0.3, -0.25) is 15.6 Å². The molecule has 0 fully saturated rings. The predicted molar refractivity (Wildman–Crippen MR) is 90.5 cm³/mol. The van der Waals surface area contributed by atoms with Crippen LogP contribution in [-0.4, -0.2) is 5.91 Å². The highest BCUT2D eigenvalue weighted by atomic mass is 19.2. The lowest BCUT2D eigenvalue weighted by Gasteiger charge is -2.09. The van der Waals surface area contributed by atoms with Crippen molar-refractivity contribution in [3.05, 3.63) is 77.6 Å². The number of carbonyl (C=O) groups excluding carboxylic acids is 1. The van der Waals surface area contributed by atoms with Crippen molar-refractivity contribution in [2.75, 3.05) is 5.43 Å². The molecule has 1 heterocycles. The molecular formula is C19H14F4N2O2. The summed E-state index contributed by atoms with van der Waals surface area (Å²) < 4.78 is 58.7. The SMILES string of the molecule is O=C(CCc1ccc(-c2ccccc2F)o1)NNc1ccc(F)c(F)c1F. The van der Waals surface area contributed by atoms with E-state index in [1.165, 1.54) is 6.07 Å². The van der Waals surface area contributed by atoms with Crippen LogP contribution in [0, 0.1) is 23.3 Å². The molecule has 8 heteroatoms. The van der Waals surface area contributed by atoms with Crippen LogP contribution in [0.25, 0.3) is 11.3 Å². The van der Waals surface area contributed by atoms with Crippen molar-refractivity contribution in [1.82, 2.24) is 5.43 Å². The number of rotatable bonds is 6. The Morgan fingerprint density at radius 2 is 1.67 bits per heavy atom. The van der Waals surface area contributed by atoms with Crippen LogP contribution in [0.5, 0.6) is 0 Å². The molecule has 3 rings (SSSR count). The van der Waals surface area contributed by atoms with E-state index < -0.39 is 34.9 Å². The van der Waals surface area contributed by atoms with Crippen LogP contribution in [0.4, 0.5) is 23.2 Å². The van der Waals surface area contributed by atoms with Crippen molar-refractivity contribution in [3.63, 3.8) is 0 Å². The number of hydrazine groups is 1. The van der Waals surface area contributed by atoms with E-state index in [0.29, 0.717) is 17.1 Å². The van der Waals surface area contributed by atoms with Gasteiger partial charge in [-0.2, -0.15) is 0 Å². The average Bonchev–Trinajstić information content (AvgIpc) is 3.13. The zero-order valence-electron chi connectivity index (χ0n) is 13.9. The first-order chi connectivity index (χ1) is 13.0. The van der Waals surface area contributed by atoms with E-state index in [1.54, 1.807) is 30.3 Å². The molecular weight excluding hydrogens is 364 g/mol. The monoisotopic (exact) mass is 378 g/mol. The second-order valence-electron chi connectivity index (χ2n) is 5.64. The van der Waals surface area contributed by atoms with Crippen LogP contribution in [0.1, 0.15) is 12.2 Å². The maximum absolute atomic E-state index is 13.7. The summed E-state index contributed by atoms with van der Waals surface area (Å²) in [4.78, 5) is 11.8. The predicted octanol–water partition coefficient (Wildman–Crippen LogP) is 4.58. The summed E-state index contributed by atoms with van der Waals surface area (Å²) in [6.07, 6.45) is 0.185. The second kappa shape index (κ2) is 7.94. The first-order valence-corrected chi connectivity index (χ1v) is 7.97. The molecule has 0 atom stereocenters. The Hall–Kier alpha value is -3.29. The Morgan fingerprint density at radius 1 is 0.889 bits per heavy atom. The van der Waals surface area contributed by atoms with Gasteiger partial charge in [0.25, 0.3) is 0 Å². The van der Waals surface area contributed by atoms with E-state index in [9.17, 15) is 22.4 Å². The normalized spacial score (nSPS) is 10.7. The zero-order valence-corrected chi connectivity index (χ0v) is 13.9. The zero-order chi connectivity index (χ0) is 19.4. The highest BCUT2D eigenvalue weighted by Gasteiger charge is 2.14. The van der Waals surface area contributed by atoms with E-state index in [0.717, 1.165) is 12.1 Å². The number of anilines is 1. The number of aryl methyl sites for hydroxylation is 1. The van der Waals surface area contributed by atoms with E-state index >= 15 is 0 Å². The van der Waals surface area contributed by atoms with Gasteiger partial charge in [-0.05, 0) is 36.4 Å². The Kier molecular flexibility index (Phi) is 5.44. The summed E-state index contributed by atoms with van der Waals surface area (Å²) in [5.74, 6) is -4.54. The quantitative estimate of drug-likeness (QED) is 0.375. The fraction of sp³-hybridized carbons (Fsp3) is 0.105. The van der Waals surface area contributed by atoms with Crippen molar-refractivity contribution < 1.29 is 26.8 Å². The molecule has 0 aliphatic carbocycles. The smallest absolute Gasteiger partial charge is 0.238 e. The third-order valence-corrected chi connectivity index (χ3v) is 3.77. The summed E-state index contributed by atoms with van der Waals surface area (Å²) in [7, 11) is 0. The third-order valence-electron chi connectivity index (χ3n) is 3.77. The number of hydrogen-bond donors (Lipinski definition) is 2. The first-order valence-electron chi connectivity index (χ1n) is 7.97. The first kappa shape index (κ1) is 18.5. The lowest BCUT2D eigenvalue weighted by atomic mass is 10.1. The van der Waals surface area contributed by atoms with Gasteiger partial charge in [0.15, 0.2) is 17.5 Å². The van der Waals surface area contributed by atoms with E-state index in [1.807, 2.05) is 0 Å². The molecule has 1 aromatic heterocycles. The summed E-state index contributed by atoms with van der Waals surface area (Å²) in [5, 5.41) is 0. The summed E-state index contributed by atoms with van der Waals surface area (Å²) in [5.41, 5.74) is 4.29. The largest absolute Gasteiger partial charge is 0.461 e. The van der Waals surface area contributed by atoms with Gasteiger partial charge in [0.1, 0.15) is 17.3 Å². The Labute approximate surface area is 151 Å². The van der Waals surface area contributed by atoms with Gasteiger partial charge in [-0.1, -0.05) is 12.1 Å². The molecule has 0 saturated heterocycles. The minimum Gasteiger partial charge on any atom is -0.461 e. The summed E-state index contributed by atoms with van der Waals surface area (Å²) in [6, 6.07) is 11.0. The second-order valence-corrected chi connectivity index (χ2v) is 5.64. The van der Waals surface area contributed by atoms with Crippen molar-refractivity contribution in [2.45, 2.75) is 12.8 Å². The van der Waals surface area contributed by atoms with Gasteiger partial charge in [0, 0.05) is 12.8 Å². The Bertz CT molecular complexity index is 972. The number of benzene rings is 2. The van der Waals surface area contributed by atoms with Crippen LogP contribution in [0.2, 0.25) is 0 Å². The molecule has 0 radical (unpaired) electrons. The molecule has 0 spiro atoms. The van der Waals surface area contributed by atoms with E-state index in [-0.39, 0.29) is 12.8 Å². The molecule has 0 saturated carbocycles. The third kappa shape index (κ3) is 4.28. The van der Waals surface area contributed by atoms with Gasteiger partial charge in [-0.25, -0.2) is 17.6 Å². The molecule has 0 aliphatic rings. The number of furan rings is 1. The van der Waals surface area contributed by atoms with Crippen LogP contribution >= 0.6 is 0 Å². The molecule has 0 bridgehead atoms. The molecule has 2 N–H and O–H groups in total. The molecule has 0 unspecified atom stereocenters. The van der Waals surface area contributed by atoms with Crippen molar-refractivity contribution >= 4 is 11.6 Å². The number of hydrogen-bond acceptors (Lipinski definition) is 3. The van der Waals surface area contributed by atoms with E-state index in [2.05, 4.69) is 10.9 Å². The fourth-order valence-electron chi connectivity index (χ4n) is 2.38. The number of carbonyl (C=O) groups is 1. The van der Waals surface area contributed by atoms with Crippen LogP contribution in [0.15, 0.2) is 52.9 Å². The highest BCUT2D eigenvalue weighted by Crippen LogP contribution is 2.25. The van der Waals surface area contributed by atoms with Crippen LogP contribution < -0.4 is 10.9 Å². The Morgan fingerprint density at radius 3 is 2.44 bits per heavy atom. The summed E-state index contributed by atoms with van der Waals surface area (Å²) >= 11 is 0. The van der Waals surface area contributed by atoms with Gasteiger partial charge >= 0.3 is 0 Å². The van der Waals surface area contributed by atoms with Gasteiger partial charge in [0.05, 0.1) is 11.3 Å². The van der Waals surface area contributed by atoms with Crippen molar-refractivity contribution in [1.29, 1.82) is 0 Å². The van der Waals surface area contributed by atoms with Crippen LogP contribution in [-0.2, 0) is 11.2 Å². The fourth-order valence-corrected chi connectivity index (χ4v) is 2.38. The molecule has 0 aliphatic heterocycles. The lowest BCUT2D eigenvalue weighted by Crippen LogP contribution is -2.30. The highest BCUT2D eigenvalue weighted by molar-refractivity contribution is 5.77. The minimum absolute atomic E-state index is 0.0253. The molecule has 2 aromatic carbocycles. The lowest BCUT2D eigenvalue weighted by molar-refractivity contribution is -0.120. The molecule has 3 aromatic rings. The number of amides is 1. The van der Waals surface area contributed by atoms with Crippen molar-refractivity contribution in [3.8, 4) is 11.3 Å². The summed E-state index contributed by atoms with van der Waals surface area (Å²) in [6.45, 7) is 0. The number of halogens is 4. The van der Waals surface area contributed by atoms with Gasteiger partial charge < -0.3 is 4.42 Å². The molecule has 1 amide bonds. The van der Waals surface area contributed by atoms with E-state index in [4.69, 9.17) is 4.42 Å². The molecule has 140 valence electrons. The molecule has 4 nitrogen and oxygen atoms in total. The van der Waals surface area contributed by atoms with Crippen molar-refractivity contribution in [2.24, 2.45) is 0 Å². The maximum atomic E-state index is 13.7. The van der Waals surface area contributed by atoms with Gasteiger partial charge in [-0.15, -0.1) is 0 Å². The standard InChI is InChI=1S/C19H14F4N2O2/c20-13-4-2-1-3-12(13)16-9-5-11(27-16)6-10-17(26)25-24-15-8-7-14(21)18(22)19(15)23/h1-5,7-9,24H,6,10H2,(H,25,26). The topological polar surface area (TPSA) is 54.3 Å². The number of nitrogens with one attached hydrogen (secondary N) is 2. The minimum atomic E-state index is -1.63. The van der Waals surface area contributed by atoms with Crippen LogP contribution in [0.3, 0.4) is 0 Å². The van der Waals surface area contributed by atoms with Gasteiger partial charge in [0.2, 0.25) is 5.91 Å².